The van der Waals surface area contributed by atoms with Crippen LogP contribution in [0.25, 0.3) is 0 Å². The van der Waals surface area contributed by atoms with Crippen molar-refractivity contribution >= 4 is 29.9 Å². The van der Waals surface area contributed by atoms with Gasteiger partial charge in [0.1, 0.15) is 5.75 Å². The van der Waals surface area contributed by atoms with Gasteiger partial charge in [-0.1, -0.05) is 42.0 Å². The maximum Gasteiger partial charge on any atom is 0.191 e. The molecule has 0 aliphatic rings. The van der Waals surface area contributed by atoms with Gasteiger partial charge in [0.2, 0.25) is 0 Å². The van der Waals surface area contributed by atoms with Crippen molar-refractivity contribution in [2.45, 2.75) is 33.2 Å². The van der Waals surface area contributed by atoms with Gasteiger partial charge in [-0.05, 0) is 49.9 Å². The summed E-state index contributed by atoms with van der Waals surface area (Å²) in [5, 5.41) is 15.9. The molecule has 0 unspecified atom stereocenters. The van der Waals surface area contributed by atoms with Crippen molar-refractivity contribution in [2.24, 2.45) is 4.99 Å². The van der Waals surface area contributed by atoms with Crippen molar-refractivity contribution in [3.63, 3.8) is 0 Å². The second-order valence-corrected chi connectivity index (χ2v) is 5.88. The molecule has 2 aromatic rings. The van der Waals surface area contributed by atoms with Crippen LogP contribution in [-0.4, -0.2) is 24.2 Å². The number of phenolic OH excluding ortho intramolecular Hbond substituents is 1. The van der Waals surface area contributed by atoms with Crippen LogP contribution < -0.4 is 10.6 Å². The molecule has 4 nitrogen and oxygen atoms in total. The smallest absolute Gasteiger partial charge is 0.191 e. The van der Waals surface area contributed by atoms with Crippen LogP contribution in [0.15, 0.2) is 53.5 Å². The quantitative estimate of drug-likeness (QED) is 0.257. The number of nitrogens with zero attached hydrogens (tertiary/aromatic N) is 1. The Bertz CT molecular complexity index is 639. The Morgan fingerprint density at radius 2 is 1.60 bits per heavy atom. The van der Waals surface area contributed by atoms with Crippen molar-refractivity contribution in [1.82, 2.24) is 10.6 Å². The van der Waals surface area contributed by atoms with Crippen molar-refractivity contribution in [2.75, 3.05) is 13.1 Å². The highest BCUT2D eigenvalue weighted by atomic mass is 127. The van der Waals surface area contributed by atoms with E-state index in [9.17, 15) is 5.11 Å². The molecule has 0 aliphatic carbocycles. The van der Waals surface area contributed by atoms with Gasteiger partial charge in [0.15, 0.2) is 5.96 Å². The fraction of sp³-hybridized carbons (Fsp3) is 0.350. The first-order valence-corrected chi connectivity index (χ1v) is 8.53. The van der Waals surface area contributed by atoms with Crippen LogP contribution in [0, 0.1) is 6.92 Å². The van der Waals surface area contributed by atoms with E-state index in [1.165, 1.54) is 16.7 Å². The molecule has 0 saturated carbocycles. The van der Waals surface area contributed by atoms with Crippen LogP contribution in [0.3, 0.4) is 0 Å². The number of aromatic hydroxyl groups is 1. The second kappa shape index (κ2) is 11.7. The van der Waals surface area contributed by atoms with Gasteiger partial charge in [-0.3, -0.25) is 0 Å². The Morgan fingerprint density at radius 3 is 2.24 bits per heavy atom. The molecular formula is C20H28IN3O. The van der Waals surface area contributed by atoms with Crippen molar-refractivity contribution in [1.29, 1.82) is 0 Å². The Labute approximate surface area is 167 Å². The number of guanidine groups is 1. The summed E-state index contributed by atoms with van der Waals surface area (Å²) in [4.78, 5) is 4.63. The highest BCUT2D eigenvalue weighted by molar-refractivity contribution is 14.0. The third-order valence-corrected chi connectivity index (χ3v) is 3.76. The summed E-state index contributed by atoms with van der Waals surface area (Å²) in [5.74, 6) is 1.17. The van der Waals surface area contributed by atoms with Crippen molar-refractivity contribution in [3.8, 4) is 5.75 Å². The van der Waals surface area contributed by atoms with E-state index >= 15 is 0 Å². The number of benzene rings is 2. The van der Waals surface area contributed by atoms with Crippen LogP contribution >= 0.6 is 24.0 Å². The lowest BCUT2D eigenvalue weighted by Gasteiger charge is -2.11. The summed E-state index contributed by atoms with van der Waals surface area (Å²) in [7, 11) is 0. The molecule has 5 heteroatoms. The number of rotatable bonds is 7. The molecule has 25 heavy (non-hydrogen) atoms. The Hall–Kier alpha value is -1.76. The summed E-state index contributed by atoms with van der Waals surface area (Å²) in [5.41, 5.74) is 3.71. The zero-order valence-corrected chi connectivity index (χ0v) is 17.3. The lowest BCUT2D eigenvalue weighted by atomic mass is 10.1. The van der Waals surface area contributed by atoms with Crippen LogP contribution in [0.4, 0.5) is 0 Å². The summed E-state index contributed by atoms with van der Waals surface area (Å²) < 4.78 is 0. The average Bonchev–Trinajstić information content (AvgIpc) is 2.59. The fourth-order valence-electron chi connectivity index (χ4n) is 2.37. The predicted molar refractivity (Wildman–Crippen MR) is 116 cm³/mol. The average molecular weight is 453 g/mol. The monoisotopic (exact) mass is 453 g/mol. The van der Waals surface area contributed by atoms with Crippen molar-refractivity contribution < 1.29 is 5.11 Å². The molecular weight excluding hydrogens is 425 g/mol. The van der Waals surface area contributed by atoms with E-state index in [1.807, 2.05) is 12.1 Å². The highest BCUT2D eigenvalue weighted by Crippen LogP contribution is 2.10. The van der Waals surface area contributed by atoms with Gasteiger partial charge >= 0.3 is 0 Å². The van der Waals surface area contributed by atoms with Crippen molar-refractivity contribution in [3.05, 3.63) is 65.2 Å². The third kappa shape index (κ3) is 8.25. The Morgan fingerprint density at radius 1 is 0.960 bits per heavy atom. The standard InChI is InChI=1S/C20H27N3O.HI/c1-3-21-20(23-15-18-8-6-16(2)7-9-18)22-14-4-5-17-10-12-19(24)13-11-17;/h6-13,24H,3-5,14-15H2,1-2H3,(H2,21,22,23);1H. The second-order valence-electron chi connectivity index (χ2n) is 5.88. The molecule has 0 saturated heterocycles. The topological polar surface area (TPSA) is 56.7 Å². The molecule has 2 rings (SSSR count). The van der Waals surface area contributed by atoms with E-state index < -0.39 is 0 Å². The van der Waals surface area contributed by atoms with Gasteiger partial charge in [-0.2, -0.15) is 0 Å². The van der Waals surface area contributed by atoms with Gasteiger partial charge < -0.3 is 15.7 Å². The molecule has 0 atom stereocenters. The summed E-state index contributed by atoms with van der Waals surface area (Å²) in [6.45, 7) is 6.54. The van der Waals surface area contributed by atoms with E-state index in [4.69, 9.17) is 0 Å². The largest absolute Gasteiger partial charge is 0.508 e. The maximum absolute atomic E-state index is 9.29. The molecule has 3 N–H and O–H groups in total. The van der Waals surface area contributed by atoms with E-state index in [2.05, 4.69) is 53.7 Å². The SMILES string of the molecule is CCNC(=NCc1ccc(C)cc1)NCCCc1ccc(O)cc1.I. The van der Waals surface area contributed by atoms with E-state index in [0.717, 1.165) is 31.9 Å². The molecule has 0 fully saturated rings. The van der Waals surface area contributed by atoms with E-state index in [0.29, 0.717) is 12.3 Å². The van der Waals surface area contributed by atoms with Gasteiger partial charge in [0, 0.05) is 13.1 Å². The first-order valence-electron chi connectivity index (χ1n) is 8.53. The number of nitrogens with one attached hydrogen (secondary N) is 2. The summed E-state index contributed by atoms with van der Waals surface area (Å²) in [6.07, 6.45) is 1.99. The molecule has 0 amide bonds. The minimum atomic E-state index is 0. The Balaban J connectivity index is 0.00000312. The van der Waals surface area contributed by atoms with Gasteiger partial charge in [-0.25, -0.2) is 4.99 Å². The first-order chi connectivity index (χ1) is 11.7. The molecule has 0 spiro atoms. The van der Waals surface area contributed by atoms with Crippen LogP contribution in [0.2, 0.25) is 0 Å². The number of halogens is 1. The predicted octanol–water partition coefficient (Wildman–Crippen LogP) is 4.01. The lowest BCUT2D eigenvalue weighted by Crippen LogP contribution is -2.37. The van der Waals surface area contributed by atoms with E-state index in [1.54, 1.807) is 12.1 Å². The number of hydrogen-bond donors (Lipinski definition) is 3. The number of aryl methyl sites for hydroxylation is 2. The highest BCUT2D eigenvalue weighted by Gasteiger charge is 1.99. The molecule has 2 aromatic carbocycles. The normalized spacial score (nSPS) is 10.9. The number of aliphatic imine (C=N–C) groups is 1. The van der Waals surface area contributed by atoms with Crippen LogP contribution in [-0.2, 0) is 13.0 Å². The lowest BCUT2D eigenvalue weighted by molar-refractivity contribution is 0.475. The van der Waals surface area contributed by atoms with Crippen LogP contribution in [0.1, 0.15) is 30.0 Å². The first kappa shape index (κ1) is 21.3. The minimum Gasteiger partial charge on any atom is -0.508 e. The van der Waals surface area contributed by atoms with Gasteiger partial charge in [0.05, 0.1) is 6.54 Å². The zero-order valence-electron chi connectivity index (χ0n) is 15.0. The molecule has 0 radical (unpaired) electrons. The number of hydrogen-bond acceptors (Lipinski definition) is 2. The molecule has 136 valence electrons. The molecule has 0 bridgehead atoms. The number of phenols is 1. The molecule has 0 aromatic heterocycles. The Kier molecular flexibility index (Phi) is 9.99. The zero-order chi connectivity index (χ0) is 17.2. The minimum absolute atomic E-state index is 0. The molecule has 0 aliphatic heterocycles. The maximum atomic E-state index is 9.29. The van der Waals surface area contributed by atoms with Gasteiger partial charge in [0.25, 0.3) is 0 Å². The third-order valence-electron chi connectivity index (χ3n) is 3.76. The molecule has 0 heterocycles. The van der Waals surface area contributed by atoms with E-state index in [-0.39, 0.29) is 24.0 Å². The van der Waals surface area contributed by atoms with Crippen LogP contribution in [0.5, 0.6) is 5.75 Å². The summed E-state index contributed by atoms with van der Waals surface area (Å²) in [6, 6.07) is 15.9. The summed E-state index contributed by atoms with van der Waals surface area (Å²) >= 11 is 0. The fourth-order valence-corrected chi connectivity index (χ4v) is 2.37. The van der Waals surface area contributed by atoms with Gasteiger partial charge in [-0.15, -0.1) is 24.0 Å².